The maximum atomic E-state index is 12.8. The van der Waals surface area contributed by atoms with E-state index in [2.05, 4.69) is 13.0 Å². The zero-order valence-electron chi connectivity index (χ0n) is 10.2. The van der Waals surface area contributed by atoms with E-state index in [1.165, 1.54) is 5.56 Å². The lowest BCUT2D eigenvalue weighted by Crippen LogP contribution is -2.35. The fourth-order valence-corrected chi connectivity index (χ4v) is 2.38. The first-order valence-corrected chi connectivity index (χ1v) is 6.23. The van der Waals surface area contributed by atoms with Crippen LogP contribution in [0.25, 0.3) is 0 Å². The third kappa shape index (κ3) is 2.55. The van der Waals surface area contributed by atoms with Crippen LogP contribution in [0.1, 0.15) is 18.1 Å². The lowest BCUT2D eigenvalue weighted by molar-refractivity contribution is 0.147. The molecular formula is C13H17ClFNO. The number of rotatable bonds is 2. The molecule has 1 aromatic rings. The van der Waals surface area contributed by atoms with Crippen LogP contribution >= 0.6 is 11.6 Å². The molecule has 1 aliphatic rings. The Kier molecular flexibility index (Phi) is 3.89. The molecule has 2 rings (SSSR count). The molecule has 0 N–H and O–H groups in total. The lowest BCUT2D eigenvalue weighted by Gasteiger charge is -2.21. The summed E-state index contributed by atoms with van der Waals surface area (Å²) >= 11 is 6.20. The monoisotopic (exact) mass is 257 g/mol. The molecule has 2 nitrogen and oxygen atoms in total. The number of likely N-dealkylation sites (N-methyl/N-ethyl adjacent to an activating group) is 1. The van der Waals surface area contributed by atoms with Crippen molar-refractivity contribution in [1.82, 2.24) is 4.90 Å². The summed E-state index contributed by atoms with van der Waals surface area (Å²) in [5.41, 5.74) is 2.23. The lowest BCUT2D eigenvalue weighted by atomic mass is 10.1. The third-order valence-corrected chi connectivity index (χ3v) is 3.51. The highest BCUT2D eigenvalue weighted by Crippen LogP contribution is 2.33. The predicted molar refractivity (Wildman–Crippen MR) is 67.6 cm³/mol. The SMILES string of the molecule is CCc1cc(Cl)c2c(c1)CN(C)C(CF)CO2. The van der Waals surface area contributed by atoms with Gasteiger partial charge >= 0.3 is 0 Å². The van der Waals surface area contributed by atoms with Crippen LogP contribution in [0.2, 0.25) is 5.02 Å². The Hall–Kier alpha value is -0.800. The number of halogens is 2. The fraction of sp³-hybridized carbons (Fsp3) is 0.538. The minimum Gasteiger partial charge on any atom is -0.490 e. The van der Waals surface area contributed by atoms with Crippen molar-refractivity contribution in [3.63, 3.8) is 0 Å². The second-order valence-corrected chi connectivity index (χ2v) is 4.86. The standard InChI is InChI=1S/C13H17ClFNO/c1-3-9-4-10-7-16(2)11(6-15)8-17-13(10)12(14)5-9/h4-5,11H,3,6-8H2,1-2H3. The quantitative estimate of drug-likeness (QED) is 0.807. The number of hydrogen-bond acceptors (Lipinski definition) is 2. The molecule has 0 bridgehead atoms. The van der Waals surface area contributed by atoms with Gasteiger partial charge in [0, 0.05) is 12.1 Å². The van der Waals surface area contributed by atoms with E-state index in [-0.39, 0.29) is 6.04 Å². The molecule has 94 valence electrons. The molecular weight excluding hydrogens is 241 g/mol. The Bertz CT molecular complexity index is 411. The van der Waals surface area contributed by atoms with Gasteiger partial charge in [0.1, 0.15) is 19.0 Å². The molecule has 0 aliphatic carbocycles. The van der Waals surface area contributed by atoms with Gasteiger partial charge in [0.2, 0.25) is 0 Å². The molecule has 4 heteroatoms. The van der Waals surface area contributed by atoms with E-state index >= 15 is 0 Å². The van der Waals surface area contributed by atoms with Gasteiger partial charge in [0.25, 0.3) is 0 Å². The Labute approximate surface area is 106 Å². The summed E-state index contributed by atoms with van der Waals surface area (Å²) in [7, 11) is 1.91. The molecule has 0 radical (unpaired) electrons. The zero-order valence-corrected chi connectivity index (χ0v) is 10.9. The average Bonchev–Trinajstić information content (AvgIpc) is 2.47. The van der Waals surface area contributed by atoms with Crippen molar-refractivity contribution in [1.29, 1.82) is 0 Å². The first-order chi connectivity index (χ1) is 8.15. The van der Waals surface area contributed by atoms with E-state index in [0.29, 0.717) is 23.9 Å². The average molecular weight is 258 g/mol. The van der Waals surface area contributed by atoms with Crippen LogP contribution < -0.4 is 4.74 Å². The highest BCUT2D eigenvalue weighted by Gasteiger charge is 2.23. The summed E-state index contributed by atoms with van der Waals surface area (Å²) in [6, 6.07) is 3.83. The highest BCUT2D eigenvalue weighted by molar-refractivity contribution is 6.32. The van der Waals surface area contributed by atoms with Crippen molar-refractivity contribution in [2.24, 2.45) is 0 Å². The second kappa shape index (κ2) is 5.23. The summed E-state index contributed by atoms with van der Waals surface area (Å²) in [5.74, 6) is 0.715. The first kappa shape index (κ1) is 12.7. The van der Waals surface area contributed by atoms with Gasteiger partial charge in [0.15, 0.2) is 0 Å². The van der Waals surface area contributed by atoms with E-state index in [1.54, 1.807) is 0 Å². The van der Waals surface area contributed by atoms with Gasteiger partial charge in [-0.05, 0) is 25.1 Å². The molecule has 0 amide bonds. The van der Waals surface area contributed by atoms with Gasteiger partial charge in [0.05, 0.1) is 11.1 Å². The van der Waals surface area contributed by atoms with Crippen LogP contribution in [0, 0.1) is 0 Å². The number of hydrogen-bond donors (Lipinski definition) is 0. The Morgan fingerprint density at radius 3 is 2.94 bits per heavy atom. The number of ether oxygens (including phenoxy) is 1. The number of benzene rings is 1. The maximum absolute atomic E-state index is 12.8. The predicted octanol–water partition coefficient (Wildman–Crippen LogP) is 3.06. The van der Waals surface area contributed by atoms with Crippen molar-refractivity contribution >= 4 is 11.6 Å². The molecule has 0 spiro atoms. The molecule has 0 saturated heterocycles. The van der Waals surface area contributed by atoms with Crippen LogP contribution in [-0.2, 0) is 13.0 Å². The van der Waals surface area contributed by atoms with Gasteiger partial charge < -0.3 is 4.74 Å². The van der Waals surface area contributed by atoms with Gasteiger partial charge in [-0.25, -0.2) is 4.39 Å². The molecule has 1 heterocycles. The van der Waals surface area contributed by atoms with E-state index in [9.17, 15) is 4.39 Å². The Morgan fingerprint density at radius 2 is 2.29 bits per heavy atom. The van der Waals surface area contributed by atoms with Crippen LogP contribution in [-0.4, -0.2) is 31.3 Å². The Morgan fingerprint density at radius 1 is 1.53 bits per heavy atom. The molecule has 1 aliphatic heterocycles. The summed E-state index contributed by atoms with van der Waals surface area (Å²) in [6.07, 6.45) is 0.934. The van der Waals surface area contributed by atoms with Gasteiger partial charge in [-0.15, -0.1) is 0 Å². The van der Waals surface area contributed by atoms with Crippen LogP contribution in [0.5, 0.6) is 5.75 Å². The van der Waals surface area contributed by atoms with Crippen LogP contribution in [0.15, 0.2) is 12.1 Å². The van der Waals surface area contributed by atoms with Crippen molar-refractivity contribution in [2.45, 2.75) is 25.9 Å². The van der Waals surface area contributed by atoms with Crippen molar-refractivity contribution < 1.29 is 9.13 Å². The summed E-state index contributed by atoms with van der Waals surface area (Å²) in [5, 5.41) is 0.632. The van der Waals surface area contributed by atoms with Crippen molar-refractivity contribution in [2.75, 3.05) is 20.3 Å². The summed E-state index contributed by atoms with van der Waals surface area (Å²) in [4.78, 5) is 1.97. The number of alkyl halides is 1. The smallest absolute Gasteiger partial charge is 0.142 e. The van der Waals surface area contributed by atoms with Crippen molar-refractivity contribution in [3.05, 3.63) is 28.3 Å². The summed E-state index contributed by atoms with van der Waals surface area (Å²) < 4.78 is 18.5. The Balaban J connectivity index is 2.36. The van der Waals surface area contributed by atoms with Crippen LogP contribution in [0.3, 0.4) is 0 Å². The van der Waals surface area contributed by atoms with Gasteiger partial charge in [-0.2, -0.15) is 0 Å². The van der Waals surface area contributed by atoms with Crippen molar-refractivity contribution in [3.8, 4) is 5.75 Å². The van der Waals surface area contributed by atoms with E-state index in [4.69, 9.17) is 16.3 Å². The van der Waals surface area contributed by atoms with E-state index in [0.717, 1.165) is 12.0 Å². The number of aryl methyl sites for hydroxylation is 1. The molecule has 1 atom stereocenters. The normalized spacial score (nSPS) is 20.6. The second-order valence-electron chi connectivity index (χ2n) is 4.45. The van der Waals surface area contributed by atoms with Gasteiger partial charge in [-0.3, -0.25) is 4.90 Å². The molecule has 17 heavy (non-hydrogen) atoms. The topological polar surface area (TPSA) is 12.5 Å². The van der Waals surface area contributed by atoms with Gasteiger partial charge in [-0.1, -0.05) is 24.6 Å². The minimum atomic E-state index is -0.400. The molecule has 0 saturated carbocycles. The van der Waals surface area contributed by atoms with Crippen LogP contribution in [0.4, 0.5) is 4.39 Å². The highest BCUT2D eigenvalue weighted by atomic mass is 35.5. The molecule has 1 unspecified atom stereocenters. The molecule has 0 aromatic heterocycles. The molecule has 1 aromatic carbocycles. The first-order valence-electron chi connectivity index (χ1n) is 5.86. The zero-order chi connectivity index (χ0) is 12.4. The minimum absolute atomic E-state index is 0.191. The maximum Gasteiger partial charge on any atom is 0.142 e. The fourth-order valence-electron chi connectivity index (χ4n) is 2.06. The molecule has 0 fully saturated rings. The van der Waals surface area contributed by atoms with E-state index < -0.39 is 6.67 Å². The summed E-state index contributed by atoms with van der Waals surface area (Å²) in [6.45, 7) is 2.72. The number of nitrogens with zero attached hydrogens (tertiary/aromatic N) is 1. The third-order valence-electron chi connectivity index (χ3n) is 3.23. The number of fused-ring (bicyclic) bond motifs is 1. The largest absolute Gasteiger partial charge is 0.490 e. The van der Waals surface area contributed by atoms with E-state index in [1.807, 2.05) is 18.0 Å².